The first kappa shape index (κ1) is 16.5. The van der Waals surface area contributed by atoms with E-state index in [1.54, 1.807) is 6.92 Å². The topological polar surface area (TPSA) is 88.2 Å². The predicted molar refractivity (Wildman–Crippen MR) is 90.4 cm³/mol. The number of anilines is 1. The molecule has 6 nitrogen and oxygen atoms in total. The number of hydrogen-bond donors (Lipinski definition) is 2. The third-order valence-electron chi connectivity index (χ3n) is 4.79. The maximum Gasteiger partial charge on any atom is 0.354 e. The molecule has 1 aliphatic carbocycles. The highest BCUT2D eigenvalue weighted by atomic mass is 16.4. The van der Waals surface area contributed by atoms with Crippen LogP contribution in [0.2, 0.25) is 0 Å². The van der Waals surface area contributed by atoms with E-state index in [1.807, 2.05) is 13.0 Å². The molecule has 0 radical (unpaired) electrons. The molecule has 0 spiro atoms. The van der Waals surface area contributed by atoms with E-state index < -0.39 is 5.97 Å². The molecule has 0 bridgehead atoms. The summed E-state index contributed by atoms with van der Waals surface area (Å²) in [5.74, 6) is 2.63. The van der Waals surface area contributed by atoms with Gasteiger partial charge < -0.3 is 14.8 Å². The van der Waals surface area contributed by atoms with Crippen molar-refractivity contribution in [1.82, 2.24) is 9.97 Å². The van der Waals surface area contributed by atoms with Gasteiger partial charge in [0, 0.05) is 18.0 Å². The van der Waals surface area contributed by atoms with E-state index in [-0.39, 0.29) is 5.69 Å². The lowest BCUT2D eigenvalue weighted by molar-refractivity contribution is 0.0689. The molecule has 0 unspecified atom stereocenters. The minimum atomic E-state index is -1.02. The van der Waals surface area contributed by atoms with Gasteiger partial charge in [0.25, 0.3) is 0 Å². The maximum atomic E-state index is 11.2. The van der Waals surface area contributed by atoms with Gasteiger partial charge in [-0.1, -0.05) is 6.42 Å². The molecule has 24 heavy (non-hydrogen) atoms. The summed E-state index contributed by atoms with van der Waals surface area (Å²) < 4.78 is 5.79. The normalized spacial score (nSPS) is 20.8. The van der Waals surface area contributed by atoms with Crippen LogP contribution < -0.4 is 5.32 Å². The van der Waals surface area contributed by atoms with Crippen molar-refractivity contribution < 1.29 is 14.3 Å². The van der Waals surface area contributed by atoms with E-state index in [1.165, 1.54) is 25.6 Å². The number of carboxylic acid groups (broad SMARTS) is 1. The lowest BCUT2D eigenvalue weighted by Crippen LogP contribution is -2.22. The largest absolute Gasteiger partial charge is 0.476 e. The first-order valence-corrected chi connectivity index (χ1v) is 8.39. The Balaban J connectivity index is 1.62. The summed E-state index contributed by atoms with van der Waals surface area (Å²) >= 11 is 0. The number of rotatable bonds is 5. The molecule has 0 aromatic carbocycles. The SMILES string of the molecule is Cc1ccc([C@@H]2CCC[C@H](CNc3ncnc(C(=O)O)c3C)C2)o1. The first-order valence-electron chi connectivity index (χ1n) is 8.39. The Labute approximate surface area is 141 Å². The third-order valence-corrected chi connectivity index (χ3v) is 4.79. The number of nitrogens with zero attached hydrogens (tertiary/aromatic N) is 2. The Hall–Kier alpha value is -2.37. The highest BCUT2D eigenvalue weighted by molar-refractivity contribution is 5.88. The Morgan fingerprint density at radius 1 is 1.33 bits per heavy atom. The smallest absolute Gasteiger partial charge is 0.354 e. The molecule has 2 N–H and O–H groups in total. The van der Waals surface area contributed by atoms with Crippen LogP contribution >= 0.6 is 0 Å². The summed E-state index contributed by atoms with van der Waals surface area (Å²) in [7, 11) is 0. The van der Waals surface area contributed by atoms with Crippen molar-refractivity contribution in [3.8, 4) is 0 Å². The van der Waals surface area contributed by atoms with Crippen LogP contribution in [0.1, 0.15) is 59.2 Å². The summed E-state index contributed by atoms with van der Waals surface area (Å²) in [6.07, 6.45) is 5.89. The van der Waals surface area contributed by atoms with E-state index >= 15 is 0 Å². The van der Waals surface area contributed by atoms with Gasteiger partial charge in [0.15, 0.2) is 5.69 Å². The van der Waals surface area contributed by atoms with E-state index in [2.05, 4.69) is 21.4 Å². The highest BCUT2D eigenvalue weighted by Gasteiger charge is 2.25. The molecule has 128 valence electrons. The van der Waals surface area contributed by atoms with Crippen LogP contribution in [0.15, 0.2) is 22.9 Å². The standard InChI is InChI=1S/C18H23N3O3/c1-11-6-7-15(24-11)14-5-3-4-13(8-14)9-19-17-12(2)16(18(22)23)20-10-21-17/h6-7,10,13-14H,3-5,8-9H2,1-2H3,(H,22,23)(H,19,20,21)/t13-,14+/m0/s1. The van der Waals surface area contributed by atoms with E-state index in [4.69, 9.17) is 9.52 Å². The summed E-state index contributed by atoms with van der Waals surface area (Å²) in [5.41, 5.74) is 0.638. The van der Waals surface area contributed by atoms with Gasteiger partial charge in [-0.3, -0.25) is 0 Å². The number of aryl methyl sites for hydroxylation is 1. The van der Waals surface area contributed by atoms with Crippen LogP contribution in [0.25, 0.3) is 0 Å². The molecule has 2 heterocycles. The van der Waals surface area contributed by atoms with Gasteiger partial charge >= 0.3 is 5.97 Å². The first-order chi connectivity index (χ1) is 11.5. The highest BCUT2D eigenvalue weighted by Crippen LogP contribution is 2.37. The van der Waals surface area contributed by atoms with E-state index in [0.717, 1.165) is 24.5 Å². The molecule has 6 heteroatoms. The van der Waals surface area contributed by atoms with Gasteiger partial charge in [0.1, 0.15) is 23.7 Å². The van der Waals surface area contributed by atoms with Gasteiger partial charge in [0.2, 0.25) is 0 Å². The molecule has 2 aromatic rings. The average Bonchev–Trinajstić information content (AvgIpc) is 3.00. The lowest BCUT2D eigenvalue weighted by atomic mass is 9.80. The van der Waals surface area contributed by atoms with Gasteiger partial charge in [-0.2, -0.15) is 0 Å². The summed E-state index contributed by atoms with van der Waals surface area (Å²) in [6, 6.07) is 4.11. The predicted octanol–water partition coefficient (Wildman–Crippen LogP) is 3.77. The molecule has 1 fully saturated rings. The number of aromatic nitrogens is 2. The molecular weight excluding hydrogens is 306 g/mol. The van der Waals surface area contributed by atoms with Crippen molar-refractivity contribution in [2.45, 2.75) is 45.4 Å². The molecule has 1 aliphatic rings. The van der Waals surface area contributed by atoms with Crippen LogP contribution in [-0.4, -0.2) is 27.6 Å². The molecule has 2 aromatic heterocycles. The van der Waals surface area contributed by atoms with Crippen LogP contribution in [0.5, 0.6) is 0 Å². The minimum absolute atomic E-state index is 0.0556. The number of hydrogen-bond acceptors (Lipinski definition) is 5. The molecular formula is C18H23N3O3. The van der Waals surface area contributed by atoms with Crippen LogP contribution in [0.4, 0.5) is 5.82 Å². The van der Waals surface area contributed by atoms with Crippen LogP contribution in [0, 0.1) is 19.8 Å². The summed E-state index contributed by atoms with van der Waals surface area (Å²) in [4.78, 5) is 19.2. The van der Waals surface area contributed by atoms with E-state index in [9.17, 15) is 4.79 Å². The second-order valence-electron chi connectivity index (χ2n) is 6.56. The van der Waals surface area contributed by atoms with Gasteiger partial charge in [-0.15, -0.1) is 0 Å². The molecule has 3 rings (SSSR count). The zero-order valence-electron chi connectivity index (χ0n) is 14.1. The Bertz CT molecular complexity index is 726. The van der Waals surface area contributed by atoms with Crippen molar-refractivity contribution in [3.63, 3.8) is 0 Å². The van der Waals surface area contributed by atoms with Crippen molar-refractivity contribution in [2.75, 3.05) is 11.9 Å². The second kappa shape index (κ2) is 7.03. The van der Waals surface area contributed by atoms with Crippen LogP contribution in [-0.2, 0) is 0 Å². The average molecular weight is 329 g/mol. The zero-order valence-corrected chi connectivity index (χ0v) is 14.1. The molecule has 2 atom stereocenters. The number of aromatic carboxylic acids is 1. The fourth-order valence-electron chi connectivity index (χ4n) is 3.49. The maximum absolute atomic E-state index is 11.2. The Morgan fingerprint density at radius 2 is 2.17 bits per heavy atom. The van der Waals surface area contributed by atoms with Crippen LogP contribution in [0.3, 0.4) is 0 Å². The molecule has 0 aliphatic heterocycles. The molecule has 0 saturated heterocycles. The van der Waals surface area contributed by atoms with E-state index in [0.29, 0.717) is 23.2 Å². The molecule has 0 amide bonds. The van der Waals surface area contributed by atoms with Gasteiger partial charge in [-0.05, 0) is 51.2 Å². The van der Waals surface area contributed by atoms with Crippen molar-refractivity contribution in [3.05, 3.63) is 41.2 Å². The fourth-order valence-corrected chi connectivity index (χ4v) is 3.49. The fraction of sp³-hybridized carbons (Fsp3) is 0.500. The number of carboxylic acids is 1. The number of furan rings is 1. The zero-order chi connectivity index (χ0) is 17.1. The minimum Gasteiger partial charge on any atom is -0.476 e. The lowest BCUT2D eigenvalue weighted by Gasteiger charge is -2.28. The number of carbonyl (C=O) groups is 1. The monoisotopic (exact) mass is 329 g/mol. The summed E-state index contributed by atoms with van der Waals surface area (Å²) in [5, 5.41) is 12.5. The molecule has 1 saturated carbocycles. The van der Waals surface area contributed by atoms with Crippen molar-refractivity contribution >= 4 is 11.8 Å². The van der Waals surface area contributed by atoms with Gasteiger partial charge in [-0.25, -0.2) is 14.8 Å². The third kappa shape index (κ3) is 3.58. The number of nitrogens with one attached hydrogen (secondary N) is 1. The van der Waals surface area contributed by atoms with Crippen molar-refractivity contribution in [1.29, 1.82) is 0 Å². The Morgan fingerprint density at radius 3 is 2.88 bits per heavy atom. The second-order valence-corrected chi connectivity index (χ2v) is 6.56. The summed E-state index contributed by atoms with van der Waals surface area (Å²) in [6.45, 7) is 4.50. The Kier molecular flexibility index (Phi) is 4.83. The van der Waals surface area contributed by atoms with Crippen molar-refractivity contribution in [2.24, 2.45) is 5.92 Å². The quantitative estimate of drug-likeness (QED) is 0.868. The van der Waals surface area contributed by atoms with Gasteiger partial charge in [0.05, 0.1) is 0 Å².